The van der Waals surface area contributed by atoms with Crippen molar-refractivity contribution in [3.63, 3.8) is 0 Å². The van der Waals surface area contributed by atoms with Gasteiger partial charge in [-0.3, -0.25) is 9.58 Å². The van der Waals surface area contributed by atoms with Crippen LogP contribution in [0.5, 0.6) is 0 Å². The Morgan fingerprint density at radius 2 is 2.00 bits per heavy atom. The Morgan fingerprint density at radius 1 is 1.33 bits per heavy atom. The minimum absolute atomic E-state index is 0.298. The van der Waals surface area contributed by atoms with E-state index in [-0.39, 0.29) is 5.97 Å². The Hall–Kier alpha value is -1.36. The van der Waals surface area contributed by atoms with Crippen molar-refractivity contribution in [2.75, 3.05) is 20.2 Å². The van der Waals surface area contributed by atoms with Crippen molar-refractivity contribution in [3.05, 3.63) is 17.5 Å². The van der Waals surface area contributed by atoms with E-state index in [1.54, 1.807) is 10.9 Å². The lowest BCUT2D eigenvalue weighted by Gasteiger charge is -2.18. The predicted octanol–water partition coefficient (Wildman–Crippen LogP) is 1.58. The molecule has 0 amide bonds. The molecule has 18 heavy (non-hydrogen) atoms. The molecule has 0 atom stereocenters. The van der Waals surface area contributed by atoms with Crippen molar-refractivity contribution in [2.24, 2.45) is 7.05 Å². The molecule has 0 N–H and O–H groups in total. The molecule has 0 saturated carbocycles. The van der Waals surface area contributed by atoms with Crippen LogP contribution < -0.4 is 0 Å². The molecule has 1 aromatic rings. The van der Waals surface area contributed by atoms with E-state index in [0.717, 1.165) is 25.3 Å². The molecule has 2 rings (SSSR count). The fraction of sp³-hybridized carbons (Fsp3) is 0.692. The third kappa shape index (κ3) is 3.10. The summed E-state index contributed by atoms with van der Waals surface area (Å²) >= 11 is 0. The van der Waals surface area contributed by atoms with E-state index < -0.39 is 0 Å². The van der Waals surface area contributed by atoms with E-state index in [2.05, 4.69) is 10.00 Å². The van der Waals surface area contributed by atoms with E-state index in [1.165, 1.54) is 32.8 Å². The molecule has 0 radical (unpaired) electrons. The summed E-state index contributed by atoms with van der Waals surface area (Å²) < 4.78 is 6.47. The molecule has 0 bridgehead atoms. The van der Waals surface area contributed by atoms with Gasteiger partial charge in [0.15, 0.2) is 0 Å². The highest BCUT2D eigenvalue weighted by Gasteiger charge is 2.19. The summed E-state index contributed by atoms with van der Waals surface area (Å²) in [5, 5.41) is 4.38. The number of esters is 1. The number of ether oxygens (including phenoxy) is 1. The van der Waals surface area contributed by atoms with Gasteiger partial charge in [0.1, 0.15) is 5.56 Å². The lowest BCUT2D eigenvalue weighted by molar-refractivity contribution is 0.0598. The van der Waals surface area contributed by atoms with E-state index >= 15 is 0 Å². The van der Waals surface area contributed by atoms with Crippen LogP contribution in [-0.2, 0) is 18.3 Å². The Labute approximate surface area is 108 Å². The van der Waals surface area contributed by atoms with Gasteiger partial charge in [0, 0.05) is 19.8 Å². The number of hydrogen-bond donors (Lipinski definition) is 0. The molecule has 1 aliphatic rings. The smallest absolute Gasteiger partial charge is 0.341 e. The first-order valence-electron chi connectivity index (χ1n) is 6.54. The number of likely N-dealkylation sites (tertiary alicyclic amines) is 1. The largest absolute Gasteiger partial charge is 0.465 e. The zero-order valence-electron chi connectivity index (χ0n) is 11.2. The standard InChI is InChI=1S/C13H21N3O2/c1-15-9-11(13(17)18-2)12(14-15)10-16-7-5-3-4-6-8-16/h9H,3-8,10H2,1-2H3. The second-order valence-electron chi connectivity index (χ2n) is 4.85. The number of nitrogens with zero attached hydrogens (tertiary/aromatic N) is 3. The van der Waals surface area contributed by atoms with Gasteiger partial charge in [0.05, 0.1) is 12.8 Å². The zero-order chi connectivity index (χ0) is 13.0. The molecule has 1 aromatic heterocycles. The Bertz CT molecular complexity index is 406. The zero-order valence-corrected chi connectivity index (χ0v) is 11.2. The monoisotopic (exact) mass is 251 g/mol. The molecular formula is C13H21N3O2. The highest BCUT2D eigenvalue weighted by atomic mass is 16.5. The van der Waals surface area contributed by atoms with Crippen molar-refractivity contribution in [1.29, 1.82) is 0 Å². The fourth-order valence-electron chi connectivity index (χ4n) is 2.44. The van der Waals surface area contributed by atoms with Crippen LogP contribution >= 0.6 is 0 Å². The number of carbonyl (C=O) groups is 1. The summed E-state index contributed by atoms with van der Waals surface area (Å²) in [6, 6.07) is 0. The molecule has 2 heterocycles. The first kappa shape index (κ1) is 13.1. The highest BCUT2D eigenvalue weighted by Crippen LogP contribution is 2.15. The van der Waals surface area contributed by atoms with Gasteiger partial charge in [-0.2, -0.15) is 5.10 Å². The topological polar surface area (TPSA) is 47.4 Å². The van der Waals surface area contributed by atoms with Crippen LogP contribution in [0.3, 0.4) is 0 Å². The van der Waals surface area contributed by atoms with Crippen molar-refractivity contribution in [2.45, 2.75) is 32.2 Å². The first-order chi connectivity index (χ1) is 8.70. The molecule has 0 aromatic carbocycles. The number of carbonyl (C=O) groups excluding carboxylic acids is 1. The molecule has 100 valence electrons. The second kappa shape index (κ2) is 6.00. The second-order valence-corrected chi connectivity index (χ2v) is 4.85. The Morgan fingerprint density at radius 3 is 2.61 bits per heavy atom. The van der Waals surface area contributed by atoms with Gasteiger partial charge < -0.3 is 4.74 Å². The van der Waals surface area contributed by atoms with E-state index in [9.17, 15) is 4.79 Å². The van der Waals surface area contributed by atoms with Gasteiger partial charge in [-0.25, -0.2) is 4.79 Å². The van der Waals surface area contributed by atoms with Crippen molar-refractivity contribution in [3.8, 4) is 0 Å². The molecule has 5 heteroatoms. The van der Waals surface area contributed by atoms with Crippen LogP contribution in [0, 0.1) is 0 Å². The maximum atomic E-state index is 11.7. The molecule has 0 spiro atoms. The molecular weight excluding hydrogens is 230 g/mol. The summed E-state index contributed by atoms with van der Waals surface area (Å²) in [5.41, 5.74) is 1.41. The van der Waals surface area contributed by atoms with Gasteiger partial charge in [-0.05, 0) is 25.9 Å². The normalized spacial score (nSPS) is 17.4. The third-order valence-electron chi connectivity index (χ3n) is 3.38. The lowest BCUT2D eigenvalue weighted by atomic mass is 10.2. The molecule has 5 nitrogen and oxygen atoms in total. The minimum atomic E-state index is -0.298. The summed E-state index contributed by atoms with van der Waals surface area (Å²) in [4.78, 5) is 14.0. The number of rotatable bonds is 3. The lowest BCUT2D eigenvalue weighted by Crippen LogP contribution is -2.25. The SMILES string of the molecule is COC(=O)c1cn(C)nc1CN1CCCCCC1. The van der Waals surface area contributed by atoms with E-state index in [1.807, 2.05) is 7.05 Å². The summed E-state index contributed by atoms with van der Waals surface area (Å²) in [6.45, 7) is 2.93. The quantitative estimate of drug-likeness (QED) is 0.765. The average molecular weight is 251 g/mol. The summed E-state index contributed by atoms with van der Waals surface area (Å²) in [5.74, 6) is -0.298. The van der Waals surface area contributed by atoms with Gasteiger partial charge in [-0.1, -0.05) is 12.8 Å². The number of methoxy groups -OCH3 is 1. The summed E-state index contributed by atoms with van der Waals surface area (Å²) in [7, 11) is 3.24. The van der Waals surface area contributed by atoms with Crippen LogP contribution in [0.15, 0.2) is 6.20 Å². The average Bonchev–Trinajstić information content (AvgIpc) is 2.57. The predicted molar refractivity (Wildman–Crippen MR) is 68.3 cm³/mol. The number of aromatic nitrogens is 2. The maximum absolute atomic E-state index is 11.7. The molecule has 1 saturated heterocycles. The molecule has 0 unspecified atom stereocenters. The van der Waals surface area contributed by atoms with Crippen LogP contribution in [0.2, 0.25) is 0 Å². The van der Waals surface area contributed by atoms with Crippen molar-refractivity contribution < 1.29 is 9.53 Å². The Kier molecular flexibility index (Phi) is 4.36. The van der Waals surface area contributed by atoms with E-state index in [0.29, 0.717) is 5.56 Å². The van der Waals surface area contributed by atoms with Crippen molar-refractivity contribution in [1.82, 2.24) is 14.7 Å². The van der Waals surface area contributed by atoms with Crippen LogP contribution in [0.1, 0.15) is 41.7 Å². The summed E-state index contributed by atoms with van der Waals surface area (Å²) in [6.07, 6.45) is 6.82. The Balaban J connectivity index is 2.09. The number of hydrogen-bond acceptors (Lipinski definition) is 4. The minimum Gasteiger partial charge on any atom is -0.465 e. The maximum Gasteiger partial charge on any atom is 0.341 e. The van der Waals surface area contributed by atoms with Crippen LogP contribution in [0.25, 0.3) is 0 Å². The van der Waals surface area contributed by atoms with E-state index in [4.69, 9.17) is 4.74 Å². The fourth-order valence-corrected chi connectivity index (χ4v) is 2.44. The third-order valence-corrected chi connectivity index (χ3v) is 3.38. The molecule has 1 fully saturated rings. The van der Waals surface area contributed by atoms with Crippen molar-refractivity contribution >= 4 is 5.97 Å². The van der Waals surface area contributed by atoms with Crippen LogP contribution in [0.4, 0.5) is 0 Å². The highest BCUT2D eigenvalue weighted by molar-refractivity contribution is 5.90. The van der Waals surface area contributed by atoms with Crippen LogP contribution in [-0.4, -0.2) is 40.8 Å². The van der Waals surface area contributed by atoms with Gasteiger partial charge in [0.25, 0.3) is 0 Å². The van der Waals surface area contributed by atoms with Gasteiger partial charge in [-0.15, -0.1) is 0 Å². The first-order valence-corrected chi connectivity index (χ1v) is 6.54. The molecule has 1 aliphatic heterocycles. The number of aryl methyl sites for hydroxylation is 1. The van der Waals surface area contributed by atoms with Gasteiger partial charge in [0.2, 0.25) is 0 Å². The van der Waals surface area contributed by atoms with Gasteiger partial charge >= 0.3 is 5.97 Å². The molecule has 0 aliphatic carbocycles.